The zero-order chi connectivity index (χ0) is 15.0. The van der Waals surface area contributed by atoms with Gasteiger partial charge in [-0.2, -0.15) is 0 Å². The van der Waals surface area contributed by atoms with Gasteiger partial charge in [0.1, 0.15) is 5.60 Å². The van der Waals surface area contributed by atoms with Crippen molar-refractivity contribution in [3.05, 3.63) is 27.7 Å². The van der Waals surface area contributed by atoms with Gasteiger partial charge in [-0.1, -0.05) is 36.7 Å². The summed E-state index contributed by atoms with van der Waals surface area (Å²) in [4.78, 5) is 12.3. The standard InChI is InChI=1S/C15H22BrNO2/c1-9-7-11(16)8-10(2)12(9)17-13(18)15(6,19)14(3,4)5/h7-8,19H,1-6H3,(H,17,18)/t15-/m0/s1. The first-order chi connectivity index (χ1) is 8.46. The number of amides is 1. The summed E-state index contributed by atoms with van der Waals surface area (Å²) in [7, 11) is 0. The van der Waals surface area contributed by atoms with Gasteiger partial charge in [0.2, 0.25) is 0 Å². The van der Waals surface area contributed by atoms with E-state index in [4.69, 9.17) is 0 Å². The van der Waals surface area contributed by atoms with E-state index in [9.17, 15) is 9.90 Å². The van der Waals surface area contributed by atoms with Crippen molar-refractivity contribution in [1.29, 1.82) is 0 Å². The van der Waals surface area contributed by atoms with Crippen LogP contribution in [0, 0.1) is 19.3 Å². The van der Waals surface area contributed by atoms with Gasteiger partial charge in [-0.05, 0) is 49.4 Å². The fourth-order valence-electron chi connectivity index (χ4n) is 1.68. The van der Waals surface area contributed by atoms with Crippen LogP contribution in [0.15, 0.2) is 16.6 Å². The van der Waals surface area contributed by atoms with Gasteiger partial charge in [0.05, 0.1) is 0 Å². The number of nitrogens with one attached hydrogen (secondary N) is 1. The topological polar surface area (TPSA) is 49.3 Å². The molecule has 4 heteroatoms. The van der Waals surface area contributed by atoms with Crippen LogP contribution in [0.1, 0.15) is 38.8 Å². The van der Waals surface area contributed by atoms with E-state index in [2.05, 4.69) is 21.2 Å². The molecule has 0 saturated heterocycles. The summed E-state index contributed by atoms with van der Waals surface area (Å²) in [5.74, 6) is -0.381. The van der Waals surface area contributed by atoms with E-state index < -0.39 is 11.0 Å². The average molecular weight is 328 g/mol. The van der Waals surface area contributed by atoms with Crippen LogP contribution in [0.5, 0.6) is 0 Å². The molecule has 0 bridgehead atoms. The Kier molecular flexibility index (Phi) is 4.47. The molecule has 1 aromatic rings. The number of hydrogen-bond acceptors (Lipinski definition) is 2. The van der Waals surface area contributed by atoms with E-state index in [1.54, 1.807) is 6.92 Å². The quantitative estimate of drug-likeness (QED) is 0.867. The van der Waals surface area contributed by atoms with Gasteiger partial charge in [-0.15, -0.1) is 0 Å². The maximum Gasteiger partial charge on any atom is 0.256 e. The highest BCUT2D eigenvalue weighted by Gasteiger charge is 2.42. The molecule has 0 aliphatic heterocycles. The maximum atomic E-state index is 12.3. The van der Waals surface area contributed by atoms with Crippen molar-refractivity contribution in [3.8, 4) is 0 Å². The molecule has 1 atom stereocenters. The summed E-state index contributed by atoms with van der Waals surface area (Å²) in [5.41, 5.74) is 0.723. The summed E-state index contributed by atoms with van der Waals surface area (Å²) in [6.45, 7) is 10.9. The van der Waals surface area contributed by atoms with Crippen molar-refractivity contribution < 1.29 is 9.90 Å². The van der Waals surface area contributed by atoms with E-state index in [1.165, 1.54) is 0 Å². The number of aliphatic hydroxyl groups is 1. The number of hydrogen-bond donors (Lipinski definition) is 2. The van der Waals surface area contributed by atoms with Gasteiger partial charge < -0.3 is 10.4 Å². The molecule has 0 fully saturated rings. The predicted octanol–water partition coefficient (Wildman–Crippen LogP) is 3.80. The third-order valence-corrected chi connectivity index (χ3v) is 4.10. The Labute approximate surface area is 123 Å². The number of halogens is 1. The highest BCUT2D eigenvalue weighted by molar-refractivity contribution is 9.10. The van der Waals surface area contributed by atoms with E-state index >= 15 is 0 Å². The summed E-state index contributed by atoms with van der Waals surface area (Å²) < 4.78 is 0.975. The van der Waals surface area contributed by atoms with Crippen LogP contribution in [-0.2, 0) is 4.79 Å². The van der Waals surface area contributed by atoms with Crippen LogP contribution in [0.3, 0.4) is 0 Å². The Bertz CT molecular complexity index is 478. The Hall–Kier alpha value is -0.870. The Morgan fingerprint density at radius 2 is 1.58 bits per heavy atom. The molecule has 0 aromatic heterocycles. The van der Waals surface area contributed by atoms with Gasteiger partial charge in [0.25, 0.3) is 5.91 Å². The predicted molar refractivity (Wildman–Crippen MR) is 82.3 cm³/mol. The summed E-state index contributed by atoms with van der Waals surface area (Å²) in [6.07, 6.45) is 0. The fraction of sp³-hybridized carbons (Fsp3) is 0.533. The van der Waals surface area contributed by atoms with Gasteiger partial charge in [0.15, 0.2) is 0 Å². The second kappa shape index (κ2) is 5.25. The fourth-order valence-corrected chi connectivity index (χ4v) is 2.37. The minimum absolute atomic E-state index is 0.381. The second-order valence-corrected chi connectivity index (χ2v) is 7.11. The minimum Gasteiger partial charge on any atom is -0.380 e. The van der Waals surface area contributed by atoms with Crippen molar-refractivity contribution in [2.24, 2.45) is 5.41 Å². The number of anilines is 1. The van der Waals surface area contributed by atoms with Crippen LogP contribution in [0.2, 0.25) is 0 Å². The molecule has 2 N–H and O–H groups in total. The summed E-state index contributed by atoms with van der Waals surface area (Å²) in [5, 5.41) is 13.2. The molecule has 0 heterocycles. The SMILES string of the molecule is Cc1cc(Br)cc(C)c1NC(=O)[C@](C)(O)C(C)(C)C. The van der Waals surface area contributed by atoms with Crippen molar-refractivity contribution in [1.82, 2.24) is 0 Å². The second-order valence-electron chi connectivity index (χ2n) is 6.19. The van der Waals surface area contributed by atoms with E-state index in [1.807, 2.05) is 46.8 Å². The third kappa shape index (κ3) is 3.37. The number of benzene rings is 1. The normalized spacial score (nSPS) is 14.9. The molecule has 0 aliphatic carbocycles. The molecule has 1 amide bonds. The zero-order valence-corrected chi connectivity index (χ0v) is 14.0. The first kappa shape index (κ1) is 16.2. The Morgan fingerprint density at radius 1 is 1.16 bits per heavy atom. The maximum absolute atomic E-state index is 12.3. The van der Waals surface area contributed by atoms with Crippen LogP contribution in [-0.4, -0.2) is 16.6 Å². The minimum atomic E-state index is -1.43. The van der Waals surface area contributed by atoms with E-state index in [-0.39, 0.29) is 5.91 Å². The monoisotopic (exact) mass is 327 g/mol. The summed E-state index contributed by atoms with van der Waals surface area (Å²) in [6, 6.07) is 3.88. The molecule has 19 heavy (non-hydrogen) atoms. The number of carbonyl (C=O) groups excluding carboxylic acids is 1. The molecule has 0 spiro atoms. The molecule has 1 aromatic carbocycles. The third-order valence-electron chi connectivity index (χ3n) is 3.64. The lowest BCUT2D eigenvalue weighted by molar-refractivity contribution is -0.143. The van der Waals surface area contributed by atoms with E-state index in [0.717, 1.165) is 21.3 Å². The first-order valence-corrected chi connectivity index (χ1v) is 7.06. The van der Waals surface area contributed by atoms with Crippen molar-refractivity contribution in [3.63, 3.8) is 0 Å². The number of rotatable bonds is 2. The van der Waals surface area contributed by atoms with Crippen LogP contribution in [0.4, 0.5) is 5.69 Å². The van der Waals surface area contributed by atoms with Crippen LogP contribution >= 0.6 is 15.9 Å². The Morgan fingerprint density at radius 3 is 1.95 bits per heavy atom. The van der Waals surface area contributed by atoms with Crippen LogP contribution in [0.25, 0.3) is 0 Å². The molecule has 3 nitrogen and oxygen atoms in total. The lowest BCUT2D eigenvalue weighted by atomic mass is 9.77. The average Bonchev–Trinajstić information content (AvgIpc) is 2.21. The largest absolute Gasteiger partial charge is 0.380 e. The van der Waals surface area contributed by atoms with Gasteiger partial charge in [-0.25, -0.2) is 0 Å². The van der Waals surface area contributed by atoms with Crippen molar-refractivity contribution >= 4 is 27.5 Å². The number of aryl methyl sites for hydroxylation is 2. The lowest BCUT2D eigenvalue weighted by Gasteiger charge is -2.35. The smallest absolute Gasteiger partial charge is 0.256 e. The van der Waals surface area contributed by atoms with Gasteiger partial charge >= 0.3 is 0 Å². The molecule has 0 radical (unpaired) electrons. The highest BCUT2D eigenvalue weighted by Crippen LogP contribution is 2.32. The molecule has 0 aliphatic rings. The Balaban J connectivity index is 3.08. The summed E-state index contributed by atoms with van der Waals surface area (Å²) >= 11 is 3.42. The molecule has 0 unspecified atom stereocenters. The number of carbonyl (C=O) groups is 1. The lowest BCUT2D eigenvalue weighted by Crippen LogP contribution is -2.50. The molecule has 106 valence electrons. The molecule has 0 saturated carbocycles. The molecular formula is C15H22BrNO2. The first-order valence-electron chi connectivity index (χ1n) is 6.27. The van der Waals surface area contributed by atoms with Gasteiger partial charge in [0, 0.05) is 10.2 Å². The molecular weight excluding hydrogens is 306 g/mol. The van der Waals surface area contributed by atoms with E-state index in [0.29, 0.717) is 0 Å². The highest BCUT2D eigenvalue weighted by atomic mass is 79.9. The molecule has 1 rings (SSSR count). The van der Waals surface area contributed by atoms with Crippen molar-refractivity contribution in [2.75, 3.05) is 5.32 Å². The van der Waals surface area contributed by atoms with Crippen LogP contribution < -0.4 is 5.32 Å². The van der Waals surface area contributed by atoms with Crippen molar-refractivity contribution in [2.45, 2.75) is 47.1 Å². The van der Waals surface area contributed by atoms with Gasteiger partial charge in [-0.3, -0.25) is 4.79 Å². The zero-order valence-electron chi connectivity index (χ0n) is 12.4.